The molecule has 8 nitrogen and oxygen atoms in total. The third-order valence-corrected chi connectivity index (χ3v) is 3.38. The molecule has 0 saturated carbocycles. The molecule has 2 aromatic rings. The van der Waals surface area contributed by atoms with E-state index in [2.05, 4.69) is 10.3 Å². The van der Waals surface area contributed by atoms with Gasteiger partial charge in [-0.3, -0.25) is 10.1 Å². The normalized spacial score (nSPS) is 10.3. The first-order valence-electron chi connectivity index (χ1n) is 7.08. The van der Waals surface area contributed by atoms with Crippen LogP contribution in [-0.4, -0.2) is 23.0 Å². The maximum Gasteiger partial charge on any atom is 0.314 e. The topological polar surface area (TPSA) is 117 Å². The van der Waals surface area contributed by atoms with E-state index in [-0.39, 0.29) is 17.9 Å². The Balaban J connectivity index is 2.41. The van der Waals surface area contributed by atoms with Gasteiger partial charge in [0.25, 0.3) is 0 Å². The molecule has 0 saturated heterocycles. The molecule has 24 heavy (non-hydrogen) atoms. The summed E-state index contributed by atoms with van der Waals surface area (Å²) in [5.74, 6) is -0.760. The lowest BCUT2D eigenvalue weighted by molar-refractivity contribution is -0.384. The van der Waals surface area contributed by atoms with Crippen molar-refractivity contribution in [1.82, 2.24) is 4.98 Å². The van der Waals surface area contributed by atoms with Gasteiger partial charge in [-0.25, -0.2) is 4.98 Å². The zero-order chi connectivity index (χ0) is 17.9. The molecule has 8 heteroatoms. The maximum absolute atomic E-state index is 11.3. The van der Waals surface area contributed by atoms with E-state index in [0.29, 0.717) is 28.3 Å². The average Bonchev–Trinajstić information content (AvgIpc) is 2.47. The lowest BCUT2D eigenvalue weighted by atomic mass is 10.1. The van der Waals surface area contributed by atoms with Crippen LogP contribution in [0.2, 0.25) is 0 Å². The van der Waals surface area contributed by atoms with E-state index in [1.54, 1.807) is 38.1 Å². The fraction of sp³-hybridized carbons (Fsp3) is 0.250. The first-order chi connectivity index (χ1) is 11.3. The number of methoxy groups -OCH3 is 1. The highest BCUT2D eigenvalue weighted by molar-refractivity contribution is 5.72. The highest BCUT2D eigenvalue weighted by Crippen LogP contribution is 2.31. The number of aromatic nitrogens is 1. The Labute approximate surface area is 138 Å². The van der Waals surface area contributed by atoms with Gasteiger partial charge in [-0.2, -0.15) is 0 Å². The molecule has 1 aromatic heterocycles. The number of anilines is 2. The molecule has 0 aliphatic carbocycles. The van der Waals surface area contributed by atoms with Crippen LogP contribution in [0.25, 0.3) is 0 Å². The Morgan fingerprint density at radius 1 is 1.33 bits per heavy atom. The van der Waals surface area contributed by atoms with Crippen molar-refractivity contribution in [2.24, 2.45) is 0 Å². The van der Waals surface area contributed by atoms with Gasteiger partial charge in [0.2, 0.25) is 5.82 Å². The number of nitro groups is 1. The van der Waals surface area contributed by atoms with E-state index in [4.69, 9.17) is 4.74 Å². The second-order valence-corrected chi connectivity index (χ2v) is 5.24. The Kier molecular flexibility index (Phi) is 4.98. The number of carboxylic acid groups (broad SMARTS) is 1. The summed E-state index contributed by atoms with van der Waals surface area (Å²) in [7, 11) is 1.41. The third-order valence-electron chi connectivity index (χ3n) is 3.38. The molecule has 0 unspecified atom stereocenters. The number of aliphatic carboxylic acids is 1. The lowest BCUT2D eigenvalue weighted by Gasteiger charge is -2.13. The number of nitrogens with one attached hydrogen (secondary N) is 1. The van der Waals surface area contributed by atoms with Gasteiger partial charge in [0, 0.05) is 35.4 Å². The Morgan fingerprint density at radius 3 is 2.62 bits per heavy atom. The molecule has 0 bridgehead atoms. The van der Waals surface area contributed by atoms with Gasteiger partial charge in [-0.15, -0.1) is 0 Å². The summed E-state index contributed by atoms with van der Waals surface area (Å²) in [6.45, 7) is 3.38. The number of carbonyl (C=O) groups excluding carboxylic acids is 1. The number of rotatable bonds is 6. The van der Waals surface area contributed by atoms with Crippen LogP contribution >= 0.6 is 0 Å². The van der Waals surface area contributed by atoms with Crippen LogP contribution < -0.4 is 15.2 Å². The number of aryl methyl sites for hydroxylation is 2. The second kappa shape index (κ2) is 6.95. The smallest absolute Gasteiger partial charge is 0.314 e. The van der Waals surface area contributed by atoms with Gasteiger partial charge in [0.05, 0.1) is 12.0 Å². The minimum absolute atomic E-state index is 0.113. The van der Waals surface area contributed by atoms with Crippen LogP contribution in [0.5, 0.6) is 5.75 Å². The van der Waals surface area contributed by atoms with Crippen LogP contribution in [-0.2, 0) is 11.2 Å². The van der Waals surface area contributed by atoms with Crippen LogP contribution in [0.3, 0.4) is 0 Å². The number of benzene rings is 1. The maximum atomic E-state index is 11.3. The summed E-state index contributed by atoms with van der Waals surface area (Å²) >= 11 is 0. The fourth-order valence-electron chi connectivity index (χ4n) is 2.41. The lowest BCUT2D eigenvalue weighted by Crippen LogP contribution is -2.24. The minimum atomic E-state index is -1.22. The molecule has 2 rings (SSSR count). The molecule has 0 amide bonds. The highest BCUT2D eigenvalue weighted by Gasteiger charge is 2.20. The first-order valence-corrected chi connectivity index (χ1v) is 7.08. The Bertz CT molecular complexity index is 805. The van der Waals surface area contributed by atoms with Gasteiger partial charge in [-0.1, -0.05) is 6.07 Å². The molecule has 0 aliphatic heterocycles. The molecule has 1 aromatic carbocycles. The van der Waals surface area contributed by atoms with E-state index < -0.39 is 10.9 Å². The largest absolute Gasteiger partial charge is 0.550 e. The summed E-state index contributed by atoms with van der Waals surface area (Å²) in [4.78, 5) is 25.7. The summed E-state index contributed by atoms with van der Waals surface area (Å²) < 4.78 is 5.16. The zero-order valence-corrected chi connectivity index (χ0v) is 13.5. The van der Waals surface area contributed by atoms with Crippen molar-refractivity contribution in [1.29, 1.82) is 0 Å². The number of pyridine rings is 1. The number of carboxylic acids is 1. The van der Waals surface area contributed by atoms with E-state index in [9.17, 15) is 20.0 Å². The van der Waals surface area contributed by atoms with Crippen molar-refractivity contribution in [2.45, 2.75) is 20.3 Å². The van der Waals surface area contributed by atoms with Crippen molar-refractivity contribution in [3.05, 3.63) is 51.2 Å². The van der Waals surface area contributed by atoms with Gasteiger partial charge < -0.3 is 20.0 Å². The summed E-state index contributed by atoms with van der Waals surface area (Å²) in [6, 6.07) is 6.35. The van der Waals surface area contributed by atoms with Gasteiger partial charge in [-0.05, 0) is 31.5 Å². The molecule has 0 atom stereocenters. The summed E-state index contributed by atoms with van der Waals surface area (Å²) in [5.41, 5.74) is 1.97. The predicted molar refractivity (Wildman–Crippen MR) is 85.4 cm³/mol. The Morgan fingerprint density at radius 2 is 2.04 bits per heavy atom. The molecule has 1 N–H and O–H groups in total. The molecule has 0 radical (unpaired) electrons. The summed E-state index contributed by atoms with van der Waals surface area (Å²) in [5, 5.41) is 24.9. The fourth-order valence-corrected chi connectivity index (χ4v) is 2.41. The number of ether oxygens (including phenoxy) is 1. The Hall–Kier alpha value is -3.16. The van der Waals surface area contributed by atoms with Crippen LogP contribution in [0.15, 0.2) is 24.3 Å². The van der Waals surface area contributed by atoms with Crippen molar-refractivity contribution in [3.63, 3.8) is 0 Å². The summed E-state index contributed by atoms with van der Waals surface area (Å²) in [6.07, 6.45) is -0.286. The minimum Gasteiger partial charge on any atom is -0.550 e. The zero-order valence-electron chi connectivity index (χ0n) is 13.5. The quantitative estimate of drug-likeness (QED) is 0.632. The number of hydrogen-bond acceptors (Lipinski definition) is 7. The monoisotopic (exact) mass is 330 g/mol. The van der Waals surface area contributed by atoms with Crippen LogP contribution in [0, 0.1) is 24.0 Å². The van der Waals surface area contributed by atoms with Gasteiger partial charge in [0.1, 0.15) is 5.75 Å². The molecular weight excluding hydrogens is 314 g/mol. The standard InChI is InChI=1S/C16H17N3O5/c1-9-6-10(2)17-16(15(9)19(22)23)18-12-5-4-11(7-14(20)21)13(8-12)24-3/h4-6,8H,7H2,1-3H3,(H,17,18)(H,20,21)/p-1. The van der Waals surface area contributed by atoms with Crippen molar-refractivity contribution in [3.8, 4) is 5.75 Å². The third kappa shape index (κ3) is 3.78. The SMILES string of the molecule is COc1cc(Nc2nc(C)cc(C)c2[N+](=O)[O-])ccc1CC(=O)[O-]. The van der Waals surface area contributed by atoms with Crippen LogP contribution in [0.1, 0.15) is 16.8 Å². The predicted octanol–water partition coefficient (Wildman–Crippen LogP) is 1.65. The highest BCUT2D eigenvalue weighted by atomic mass is 16.6. The average molecular weight is 330 g/mol. The van der Waals surface area contributed by atoms with Gasteiger partial charge in [0.15, 0.2) is 0 Å². The molecule has 0 spiro atoms. The van der Waals surface area contributed by atoms with Crippen molar-refractivity contribution >= 4 is 23.2 Å². The van der Waals surface area contributed by atoms with E-state index in [1.807, 2.05) is 0 Å². The number of carbonyl (C=O) groups is 1. The molecule has 0 aliphatic rings. The molecule has 1 heterocycles. The van der Waals surface area contributed by atoms with Gasteiger partial charge >= 0.3 is 5.69 Å². The van der Waals surface area contributed by atoms with Crippen LogP contribution in [0.4, 0.5) is 17.2 Å². The molecular formula is C16H16N3O5-. The van der Waals surface area contributed by atoms with E-state index in [0.717, 1.165) is 0 Å². The van der Waals surface area contributed by atoms with Crippen molar-refractivity contribution in [2.75, 3.05) is 12.4 Å². The number of nitrogens with zero attached hydrogens (tertiary/aromatic N) is 2. The van der Waals surface area contributed by atoms with E-state index in [1.165, 1.54) is 7.11 Å². The second-order valence-electron chi connectivity index (χ2n) is 5.24. The molecule has 126 valence electrons. The van der Waals surface area contributed by atoms with E-state index >= 15 is 0 Å². The van der Waals surface area contributed by atoms with Crippen molar-refractivity contribution < 1.29 is 19.6 Å². The number of hydrogen-bond donors (Lipinski definition) is 1. The molecule has 0 fully saturated rings. The first kappa shape index (κ1) is 17.2.